The standard InChI is InChI=1S/C24H24N4O3S/c1-15-8-11-19(14-16(15)2)28-32(30,31)20-12-9-18(10-13-20)24(29)25-17(3)23-26-21-6-4-5-7-22(21)27-23/h4-14,17,28H,1-3H3,(H,25,29)(H,26,27). The highest BCUT2D eigenvalue weighted by atomic mass is 32.2. The fourth-order valence-corrected chi connectivity index (χ4v) is 4.38. The molecule has 0 fully saturated rings. The van der Waals surface area contributed by atoms with Crippen LogP contribution in [0.3, 0.4) is 0 Å². The molecule has 1 aromatic heterocycles. The van der Waals surface area contributed by atoms with Crippen molar-refractivity contribution in [1.82, 2.24) is 15.3 Å². The summed E-state index contributed by atoms with van der Waals surface area (Å²) in [6, 6.07) is 18.5. The summed E-state index contributed by atoms with van der Waals surface area (Å²) in [5, 5.41) is 2.89. The molecule has 0 aliphatic heterocycles. The Morgan fingerprint density at radius 2 is 1.69 bits per heavy atom. The number of amides is 1. The van der Waals surface area contributed by atoms with Gasteiger partial charge in [0.15, 0.2) is 0 Å². The monoisotopic (exact) mass is 448 g/mol. The number of nitrogens with one attached hydrogen (secondary N) is 3. The zero-order valence-electron chi connectivity index (χ0n) is 18.0. The molecule has 4 rings (SSSR count). The molecule has 1 heterocycles. The van der Waals surface area contributed by atoms with Crippen molar-refractivity contribution in [3.05, 3.63) is 89.2 Å². The summed E-state index contributed by atoms with van der Waals surface area (Å²) in [6.45, 7) is 5.72. The molecule has 3 aromatic carbocycles. The van der Waals surface area contributed by atoms with Gasteiger partial charge in [-0.3, -0.25) is 9.52 Å². The number of benzene rings is 3. The average Bonchev–Trinajstić information content (AvgIpc) is 3.21. The molecule has 1 unspecified atom stereocenters. The Labute approximate surface area is 187 Å². The van der Waals surface area contributed by atoms with Crippen LogP contribution in [0.5, 0.6) is 0 Å². The van der Waals surface area contributed by atoms with Crippen LogP contribution in [0.1, 0.15) is 40.3 Å². The van der Waals surface area contributed by atoms with E-state index >= 15 is 0 Å². The summed E-state index contributed by atoms with van der Waals surface area (Å²) < 4.78 is 28.0. The zero-order valence-corrected chi connectivity index (χ0v) is 18.8. The predicted molar refractivity (Wildman–Crippen MR) is 125 cm³/mol. The molecule has 7 nitrogen and oxygen atoms in total. The third-order valence-corrected chi connectivity index (χ3v) is 6.75. The molecule has 0 saturated carbocycles. The Hall–Kier alpha value is -3.65. The van der Waals surface area contributed by atoms with E-state index < -0.39 is 10.0 Å². The average molecular weight is 449 g/mol. The van der Waals surface area contributed by atoms with Crippen LogP contribution in [0.4, 0.5) is 5.69 Å². The molecule has 0 aliphatic rings. The zero-order chi connectivity index (χ0) is 22.9. The van der Waals surface area contributed by atoms with Crippen molar-refractivity contribution in [2.75, 3.05) is 4.72 Å². The van der Waals surface area contributed by atoms with E-state index in [0.717, 1.165) is 22.2 Å². The highest BCUT2D eigenvalue weighted by Gasteiger charge is 2.18. The van der Waals surface area contributed by atoms with Crippen LogP contribution >= 0.6 is 0 Å². The number of para-hydroxylation sites is 2. The van der Waals surface area contributed by atoms with E-state index in [0.29, 0.717) is 17.1 Å². The maximum atomic E-state index is 12.7. The van der Waals surface area contributed by atoms with E-state index in [9.17, 15) is 13.2 Å². The second kappa shape index (κ2) is 8.47. The van der Waals surface area contributed by atoms with Gasteiger partial charge in [0.2, 0.25) is 0 Å². The number of nitrogens with zero attached hydrogens (tertiary/aromatic N) is 1. The summed E-state index contributed by atoms with van der Waals surface area (Å²) in [4.78, 5) is 20.4. The fourth-order valence-electron chi connectivity index (χ4n) is 3.33. The minimum absolute atomic E-state index is 0.0811. The summed E-state index contributed by atoms with van der Waals surface area (Å²) in [6.07, 6.45) is 0. The Balaban J connectivity index is 1.46. The lowest BCUT2D eigenvalue weighted by molar-refractivity contribution is 0.0938. The second-order valence-corrected chi connectivity index (χ2v) is 9.45. The normalized spacial score (nSPS) is 12.5. The number of aromatic amines is 1. The van der Waals surface area contributed by atoms with E-state index in [4.69, 9.17) is 0 Å². The number of sulfonamides is 1. The first-order chi connectivity index (χ1) is 15.2. The van der Waals surface area contributed by atoms with Crippen molar-refractivity contribution in [1.29, 1.82) is 0 Å². The minimum Gasteiger partial charge on any atom is -0.342 e. The van der Waals surface area contributed by atoms with Gasteiger partial charge >= 0.3 is 0 Å². The minimum atomic E-state index is -3.76. The predicted octanol–water partition coefficient (Wildman–Crippen LogP) is 4.47. The molecule has 0 radical (unpaired) electrons. The number of rotatable bonds is 6. The van der Waals surface area contributed by atoms with Crippen LogP contribution in [0, 0.1) is 13.8 Å². The molecule has 3 N–H and O–H groups in total. The molecule has 8 heteroatoms. The van der Waals surface area contributed by atoms with E-state index in [1.807, 2.05) is 51.1 Å². The van der Waals surface area contributed by atoms with Crippen LogP contribution in [0.15, 0.2) is 71.6 Å². The third-order valence-electron chi connectivity index (χ3n) is 5.35. The molecule has 1 atom stereocenters. The summed E-state index contributed by atoms with van der Waals surface area (Å²) in [5.74, 6) is 0.334. The van der Waals surface area contributed by atoms with Crippen molar-refractivity contribution in [3.8, 4) is 0 Å². The van der Waals surface area contributed by atoms with Crippen molar-refractivity contribution in [2.24, 2.45) is 0 Å². The SMILES string of the molecule is Cc1ccc(NS(=O)(=O)c2ccc(C(=O)NC(C)c3nc4ccccc4[nH]3)cc2)cc1C. The number of hydrogen-bond donors (Lipinski definition) is 3. The van der Waals surface area contributed by atoms with Crippen LogP contribution in [0.25, 0.3) is 11.0 Å². The van der Waals surface area contributed by atoms with Crippen molar-refractivity contribution < 1.29 is 13.2 Å². The highest BCUT2D eigenvalue weighted by Crippen LogP contribution is 2.20. The van der Waals surface area contributed by atoms with Gasteiger partial charge in [0, 0.05) is 11.3 Å². The molecule has 164 valence electrons. The molecule has 32 heavy (non-hydrogen) atoms. The topological polar surface area (TPSA) is 104 Å². The largest absolute Gasteiger partial charge is 0.342 e. The molecule has 1 amide bonds. The summed E-state index contributed by atoms with van der Waals surface area (Å²) >= 11 is 0. The number of hydrogen-bond acceptors (Lipinski definition) is 4. The third kappa shape index (κ3) is 4.50. The molecular weight excluding hydrogens is 424 g/mol. The Morgan fingerprint density at radius 1 is 0.969 bits per heavy atom. The fraction of sp³-hybridized carbons (Fsp3) is 0.167. The molecule has 0 spiro atoms. The Morgan fingerprint density at radius 3 is 2.38 bits per heavy atom. The number of anilines is 1. The van der Waals surface area contributed by atoms with E-state index in [1.165, 1.54) is 24.3 Å². The lowest BCUT2D eigenvalue weighted by Crippen LogP contribution is -2.27. The van der Waals surface area contributed by atoms with Crippen molar-refractivity contribution in [2.45, 2.75) is 31.7 Å². The number of carbonyl (C=O) groups excluding carboxylic acids is 1. The van der Waals surface area contributed by atoms with Gasteiger partial charge in [0.05, 0.1) is 22.0 Å². The molecule has 0 saturated heterocycles. The molecular formula is C24H24N4O3S. The maximum absolute atomic E-state index is 12.7. The number of aromatic nitrogens is 2. The smallest absolute Gasteiger partial charge is 0.261 e. The Bertz CT molecular complexity index is 1360. The van der Waals surface area contributed by atoms with E-state index in [2.05, 4.69) is 20.0 Å². The lowest BCUT2D eigenvalue weighted by atomic mass is 10.1. The Kier molecular flexibility index (Phi) is 5.71. The van der Waals surface area contributed by atoms with Gasteiger partial charge in [-0.1, -0.05) is 18.2 Å². The quantitative estimate of drug-likeness (QED) is 0.405. The van der Waals surface area contributed by atoms with Gasteiger partial charge in [0.1, 0.15) is 5.82 Å². The maximum Gasteiger partial charge on any atom is 0.261 e. The van der Waals surface area contributed by atoms with Crippen molar-refractivity contribution >= 4 is 32.7 Å². The van der Waals surface area contributed by atoms with Crippen LogP contribution < -0.4 is 10.0 Å². The second-order valence-electron chi connectivity index (χ2n) is 7.76. The van der Waals surface area contributed by atoms with E-state index in [1.54, 1.807) is 12.1 Å². The van der Waals surface area contributed by atoms with Gasteiger partial charge in [-0.05, 0) is 80.4 Å². The summed E-state index contributed by atoms with van der Waals surface area (Å²) in [7, 11) is -3.76. The lowest BCUT2D eigenvalue weighted by Gasteiger charge is -2.12. The molecule has 0 aliphatic carbocycles. The number of H-pyrrole nitrogens is 1. The van der Waals surface area contributed by atoms with Gasteiger partial charge in [0.25, 0.3) is 15.9 Å². The van der Waals surface area contributed by atoms with Crippen LogP contribution in [-0.2, 0) is 10.0 Å². The highest BCUT2D eigenvalue weighted by molar-refractivity contribution is 7.92. The first-order valence-electron chi connectivity index (χ1n) is 10.2. The van der Waals surface area contributed by atoms with Crippen LogP contribution in [-0.4, -0.2) is 24.3 Å². The van der Waals surface area contributed by atoms with Gasteiger partial charge < -0.3 is 10.3 Å². The van der Waals surface area contributed by atoms with Crippen LogP contribution in [0.2, 0.25) is 0 Å². The van der Waals surface area contributed by atoms with E-state index in [-0.39, 0.29) is 16.8 Å². The first kappa shape index (κ1) is 21.6. The first-order valence-corrected chi connectivity index (χ1v) is 11.7. The number of imidazole rings is 1. The van der Waals surface area contributed by atoms with Gasteiger partial charge in [-0.15, -0.1) is 0 Å². The molecule has 4 aromatic rings. The van der Waals surface area contributed by atoms with Gasteiger partial charge in [-0.2, -0.15) is 0 Å². The van der Waals surface area contributed by atoms with Crippen molar-refractivity contribution in [3.63, 3.8) is 0 Å². The summed E-state index contributed by atoms with van der Waals surface area (Å²) in [5.41, 5.74) is 4.66. The number of aryl methyl sites for hydroxylation is 2. The number of fused-ring (bicyclic) bond motifs is 1. The number of carbonyl (C=O) groups is 1. The molecule has 0 bridgehead atoms. The van der Waals surface area contributed by atoms with Gasteiger partial charge in [-0.25, -0.2) is 13.4 Å².